The molecule has 0 saturated carbocycles. The quantitative estimate of drug-likeness (QED) is 0.863. The van der Waals surface area contributed by atoms with E-state index >= 15 is 0 Å². The summed E-state index contributed by atoms with van der Waals surface area (Å²) < 4.78 is 5.26. The number of ether oxygens (including phenoxy) is 1. The molecular weight excluding hydrogens is 258 g/mol. The molecule has 0 fully saturated rings. The van der Waals surface area contributed by atoms with Crippen molar-refractivity contribution in [1.29, 1.82) is 0 Å². The van der Waals surface area contributed by atoms with Gasteiger partial charge in [-0.2, -0.15) is 0 Å². The summed E-state index contributed by atoms with van der Waals surface area (Å²) in [6, 6.07) is 14.2. The highest BCUT2D eigenvalue weighted by Crippen LogP contribution is 2.25. The fourth-order valence-electron chi connectivity index (χ4n) is 2.08. The third-order valence-electron chi connectivity index (χ3n) is 3.13. The zero-order chi connectivity index (χ0) is 13.8. The van der Waals surface area contributed by atoms with Crippen LogP contribution < -0.4 is 10.1 Å². The predicted molar refractivity (Wildman–Crippen MR) is 81.2 cm³/mol. The predicted octanol–water partition coefficient (Wildman–Crippen LogP) is 4.83. The van der Waals surface area contributed by atoms with Crippen LogP contribution >= 0.6 is 11.6 Å². The van der Waals surface area contributed by atoms with Crippen molar-refractivity contribution in [3.8, 4) is 5.75 Å². The molecule has 0 spiro atoms. The van der Waals surface area contributed by atoms with Crippen molar-refractivity contribution in [2.24, 2.45) is 0 Å². The lowest BCUT2D eigenvalue weighted by atomic mass is 10.1. The maximum absolute atomic E-state index is 6.01. The highest BCUT2D eigenvalue weighted by Gasteiger charge is 2.07. The van der Waals surface area contributed by atoms with Gasteiger partial charge in [-0.15, -0.1) is 0 Å². The number of hydrogen-bond donors (Lipinski definition) is 1. The summed E-state index contributed by atoms with van der Waals surface area (Å²) >= 11 is 6.01. The van der Waals surface area contributed by atoms with Crippen LogP contribution in [-0.2, 0) is 0 Å². The number of anilines is 1. The zero-order valence-corrected chi connectivity index (χ0v) is 12.2. The van der Waals surface area contributed by atoms with Crippen molar-refractivity contribution < 1.29 is 4.74 Å². The number of nitrogens with one attached hydrogen (secondary N) is 1. The molecule has 19 heavy (non-hydrogen) atoms. The van der Waals surface area contributed by atoms with Crippen molar-refractivity contribution in [3.05, 3.63) is 58.6 Å². The number of aryl methyl sites for hydroxylation is 1. The molecule has 0 aliphatic rings. The summed E-state index contributed by atoms with van der Waals surface area (Å²) in [5, 5.41) is 4.22. The Labute approximate surface area is 119 Å². The first-order valence-corrected chi connectivity index (χ1v) is 6.64. The van der Waals surface area contributed by atoms with Crippen LogP contribution in [0.1, 0.15) is 24.1 Å². The Kier molecular flexibility index (Phi) is 4.33. The minimum absolute atomic E-state index is 0.200. The third-order valence-corrected chi connectivity index (χ3v) is 3.36. The van der Waals surface area contributed by atoms with Crippen molar-refractivity contribution >= 4 is 17.3 Å². The summed E-state index contributed by atoms with van der Waals surface area (Å²) in [6.07, 6.45) is 0. The zero-order valence-electron chi connectivity index (χ0n) is 11.4. The van der Waals surface area contributed by atoms with Crippen LogP contribution in [0, 0.1) is 6.92 Å². The van der Waals surface area contributed by atoms with Crippen LogP contribution in [0.25, 0.3) is 0 Å². The van der Waals surface area contributed by atoms with Gasteiger partial charge in [0, 0.05) is 16.8 Å². The van der Waals surface area contributed by atoms with Crippen LogP contribution in [0.5, 0.6) is 5.75 Å². The van der Waals surface area contributed by atoms with Gasteiger partial charge in [0.2, 0.25) is 0 Å². The van der Waals surface area contributed by atoms with Gasteiger partial charge in [-0.1, -0.05) is 23.7 Å². The Morgan fingerprint density at radius 1 is 1.16 bits per heavy atom. The smallest absolute Gasteiger partial charge is 0.121 e. The monoisotopic (exact) mass is 275 g/mol. The molecule has 0 saturated heterocycles. The molecule has 100 valence electrons. The molecule has 2 rings (SSSR count). The van der Waals surface area contributed by atoms with Gasteiger partial charge in [0.1, 0.15) is 5.75 Å². The SMILES string of the molecule is COc1ccc(NC(C)c2cccc(Cl)c2)cc1C. The van der Waals surface area contributed by atoms with Gasteiger partial charge in [0.25, 0.3) is 0 Å². The van der Waals surface area contributed by atoms with Crippen molar-refractivity contribution in [3.63, 3.8) is 0 Å². The molecule has 1 atom stereocenters. The second-order valence-corrected chi connectivity index (χ2v) is 5.04. The average molecular weight is 276 g/mol. The minimum Gasteiger partial charge on any atom is -0.496 e. The first kappa shape index (κ1) is 13.8. The summed E-state index contributed by atoms with van der Waals surface area (Å²) in [7, 11) is 1.68. The standard InChI is InChI=1S/C16H18ClNO/c1-11-9-15(7-8-16(11)19-3)18-12(2)13-5-4-6-14(17)10-13/h4-10,12,18H,1-3H3. The number of hydrogen-bond acceptors (Lipinski definition) is 2. The fraction of sp³-hybridized carbons (Fsp3) is 0.250. The van der Waals surface area contributed by atoms with E-state index in [0.29, 0.717) is 0 Å². The molecule has 0 bridgehead atoms. The van der Waals surface area contributed by atoms with E-state index in [0.717, 1.165) is 22.0 Å². The molecule has 0 aliphatic carbocycles. The maximum Gasteiger partial charge on any atom is 0.121 e. The van der Waals surface area contributed by atoms with Gasteiger partial charge >= 0.3 is 0 Å². The second kappa shape index (κ2) is 5.98. The number of benzene rings is 2. The molecule has 3 heteroatoms. The molecule has 0 aliphatic heterocycles. The highest BCUT2D eigenvalue weighted by atomic mass is 35.5. The molecule has 0 heterocycles. The van der Waals surface area contributed by atoms with E-state index in [1.54, 1.807) is 7.11 Å². The molecule has 0 amide bonds. The first-order chi connectivity index (χ1) is 9.10. The van der Waals surface area contributed by atoms with Gasteiger partial charge in [-0.25, -0.2) is 0 Å². The lowest BCUT2D eigenvalue weighted by molar-refractivity contribution is 0.412. The van der Waals surface area contributed by atoms with E-state index in [9.17, 15) is 0 Å². The second-order valence-electron chi connectivity index (χ2n) is 4.61. The molecule has 1 unspecified atom stereocenters. The van der Waals surface area contributed by atoms with E-state index in [1.807, 2.05) is 37.3 Å². The summed E-state index contributed by atoms with van der Waals surface area (Å²) in [6.45, 7) is 4.15. The fourth-order valence-corrected chi connectivity index (χ4v) is 2.28. The average Bonchev–Trinajstić information content (AvgIpc) is 2.39. The number of rotatable bonds is 4. The maximum atomic E-state index is 6.01. The summed E-state index contributed by atoms with van der Waals surface area (Å²) in [5.41, 5.74) is 3.36. The van der Waals surface area contributed by atoms with Gasteiger partial charge in [0.15, 0.2) is 0 Å². The Morgan fingerprint density at radius 2 is 1.95 bits per heavy atom. The van der Waals surface area contributed by atoms with Gasteiger partial charge in [0.05, 0.1) is 7.11 Å². The van der Waals surface area contributed by atoms with E-state index in [1.165, 1.54) is 5.56 Å². The lowest BCUT2D eigenvalue weighted by Crippen LogP contribution is -2.06. The molecule has 2 nitrogen and oxygen atoms in total. The largest absolute Gasteiger partial charge is 0.496 e. The lowest BCUT2D eigenvalue weighted by Gasteiger charge is -2.17. The van der Waals surface area contributed by atoms with Crippen molar-refractivity contribution in [2.75, 3.05) is 12.4 Å². The number of halogens is 1. The van der Waals surface area contributed by atoms with Crippen LogP contribution in [0.3, 0.4) is 0 Å². The van der Waals surface area contributed by atoms with Crippen molar-refractivity contribution in [2.45, 2.75) is 19.9 Å². The third kappa shape index (κ3) is 3.42. The van der Waals surface area contributed by atoms with Gasteiger partial charge in [-0.05, 0) is 55.3 Å². The normalized spacial score (nSPS) is 12.0. The Hall–Kier alpha value is -1.67. The Bertz CT molecular complexity index is 568. The molecule has 0 radical (unpaired) electrons. The molecule has 2 aromatic carbocycles. The molecule has 1 N–H and O–H groups in total. The summed E-state index contributed by atoms with van der Waals surface area (Å²) in [4.78, 5) is 0. The van der Waals surface area contributed by atoms with Crippen LogP contribution in [0.4, 0.5) is 5.69 Å². The van der Waals surface area contributed by atoms with E-state index < -0.39 is 0 Å². The topological polar surface area (TPSA) is 21.3 Å². The van der Waals surface area contributed by atoms with Gasteiger partial charge in [-0.3, -0.25) is 0 Å². The highest BCUT2D eigenvalue weighted by molar-refractivity contribution is 6.30. The Morgan fingerprint density at radius 3 is 2.58 bits per heavy atom. The van der Waals surface area contributed by atoms with E-state index in [-0.39, 0.29) is 6.04 Å². The van der Waals surface area contributed by atoms with E-state index in [2.05, 4.69) is 24.4 Å². The first-order valence-electron chi connectivity index (χ1n) is 6.27. The van der Waals surface area contributed by atoms with Crippen LogP contribution in [0.15, 0.2) is 42.5 Å². The molecule has 2 aromatic rings. The van der Waals surface area contributed by atoms with Crippen LogP contribution in [-0.4, -0.2) is 7.11 Å². The molecular formula is C16H18ClNO. The van der Waals surface area contributed by atoms with Crippen molar-refractivity contribution in [1.82, 2.24) is 0 Å². The Balaban J connectivity index is 2.14. The molecule has 0 aromatic heterocycles. The van der Waals surface area contributed by atoms with Crippen LogP contribution in [0.2, 0.25) is 5.02 Å². The minimum atomic E-state index is 0.200. The van der Waals surface area contributed by atoms with E-state index in [4.69, 9.17) is 16.3 Å². The van der Waals surface area contributed by atoms with Gasteiger partial charge < -0.3 is 10.1 Å². The number of methoxy groups -OCH3 is 1. The summed E-state index contributed by atoms with van der Waals surface area (Å²) in [5.74, 6) is 0.904.